The lowest BCUT2D eigenvalue weighted by Gasteiger charge is -2.01. The summed E-state index contributed by atoms with van der Waals surface area (Å²) in [5.41, 5.74) is 6.22. The molecule has 0 bridgehead atoms. The molecule has 0 aliphatic carbocycles. The maximum Gasteiger partial charge on any atom is 0.316 e. The molecule has 76 valence electrons. The van der Waals surface area contributed by atoms with Crippen molar-refractivity contribution in [2.45, 2.75) is 0 Å². The summed E-state index contributed by atoms with van der Waals surface area (Å²) in [6.45, 7) is 0. The van der Waals surface area contributed by atoms with Gasteiger partial charge in [-0.15, -0.1) is 0 Å². The maximum absolute atomic E-state index is 10.9. The number of methoxy groups -OCH3 is 1. The Kier molecular flexibility index (Phi) is 2.21. The van der Waals surface area contributed by atoms with Gasteiger partial charge < -0.3 is 10.5 Å². The number of fused-ring (bicyclic) bond motifs is 1. The van der Waals surface area contributed by atoms with Crippen LogP contribution in [0.5, 0.6) is 6.01 Å². The number of nitrogens with two attached hydrogens (primary N) is 1. The number of ether oxygens (including phenoxy) is 1. The van der Waals surface area contributed by atoms with E-state index in [2.05, 4.69) is 9.97 Å². The van der Waals surface area contributed by atoms with Gasteiger partial charge >= 0.3 is 6.01 Å². The standard InChI is InChI=1S/C10H9N3O2/c1-15-10-12-5-7-3-2-6(9(11)14)4-8(7)13-10/h2-5H,1H3,(H2,11,14). The van der Waals surface area contributed by atoms with Gasteiger partial charge in [-0.1, -0.05) is 6.07 Å². The molecule has 0 unspecified atom stereocenters. The van der Waals surface area contributed by atoms with Gasteiger partial charge in [0.05, 0.1) is 12.6 Å². The van der Waals surface area contributed by atoms with Crippen LogP contribution < -0.4 is 10.5 Å². The van der Waals surface area contributed by atoms with Gasteiger partial charge in [-0.3, -0.25) is 4.79 Å². The molecule has 2 N–H and O–H groups in total. The van der Waals surface area contributed by atoms with Crippen molar-refractivity contribution >= 4 is 16.8 Å². The van der Waals surface area contributed by atoms with Crippen molar-refractivity contribution in [3.05, 3.63) is 30.0 Å². The third-order valence-corrected chi connectivity index (χ3v) is 2.03. The molecule has 0 saturated carbocycles. The van der Waals surface area contributed by atoms with E-state index in [1.807, 2.05) is 0 Å². The van der Waals surface area contributed by atoms with E-state index in [9.17, 15) is 4.79 Å². The molecule has 0 atom stereocenters. The van der Waals surface area contributed by atoms with Crippen LogP contribution in [0.2, 0.25) is 0 Å². The van der Waals surface area contributed by atoms with Crippen LogP contribution in [0.1, 0.15) is 10.4 Å². The van der Waals surface area contributed by atoms with E-state index in [1.54, 1.807) is 24.4 Å². The Morgan fingerprint density at radius 2 is 2.27 bits per heavy atom. The third-order valence-electron chi connectivity index (χ3n) is 2.03. The van der Waals surface area contributed by atoms with Crippen molar-refractivity contribution in [3.8, 4) is 6.01 Å². The van der Waals surface area contributed by atoms with E-state index >= 15 is 0 Å². The van der Waals surface area contributed by atoms with Gasteiger partial charge in [0.2, 0.25) is 5.91 Å². The predicted octanol–water partition coefficient (Wildman–Crippen LogP) is 0.737. The smallest absolute Gasteiger partial charge is 0.316 e. The molecule has 5 nitrogen and oxygen atoms in total. The van der Waals surface area contributed by atoms with E-state index < -0.39 is 5.91 Å². The number of hydrogen-bond acceptors (Lipinski definition) is 4. The minimum absolute atomic E-state index is 0.268. The number of amides is 1. The fourth-order valence-electron chi connectivity index (χ4n) is 1.26. The molecule has 2 rings (SSSR count). The molecule has 5 heteroatoms. The molecule has 15 heavy (non-hydrogen) atoms. The van der Waals surface area contributed by atoms with Crippen LogP contribution in [0.15, 0.2) is 24.4 Å². The topological polar surface area (TPSA) is 78.1 Å². The Morgan fingerprint density at radius 1 is 1.47 bits per heavy atom. The minimum Gasteiger partial charge on any atom is -0.467 e. The van der Waals surface area contributed by atoms with Crippen LogP contribution in [0.4, 0.5) is 0 Å². The lowest BCUT2D eigenvalue weighted by atomic mass is 10.1. The zero-order valence-electron chi connectivity index (χ0n) is 8.10. The number of nitrogens with zero attached hydrogens (tertiary/aromatic N) is 2. The number of benzene rings is 1. The van der Waals surface area contributed by atoms with Crippen molar-refractivity contribution in [2.24, 2.45) is 5.73 Å². The number of carbonyl (C=O) groups is 1. The molecule has 1 amide bonds. The number of hydrogen-bond donors (Lipinski definition) is 1. The molecule has 1 heterocycles. The highest BCUT2D eigenvalue weighted by Crippen LogP contribution is 2.15. The number of rotatable bonds is 2. The van der Waals surface area contributed by atoms with Gasteiger partial charge in [-0.2, -0.15) is 4.98 Å². The predicted molar refractivity (Wildman–Crippen MR) is 54.6 cm³/mol. The second-order valence-electron chi connectivity index (χ2n) is 2.99. The van der Waals surface area contributed by atoms with Crippen LogP contribution in [0, 0.1) is 0 Å². The van der Waals surface area contributed by atoms with E-state index in [4.69, 9.17) is 10.5 Å². The number of aromatic nitrogens is 2. The van der Waals surface area contributed by atoms with Gasteiger partial charge in [0.25, 0.3) is 0 Å². The molecule has 0 fully saturated rings. The fraction of sp³-hybridized carbons (Fsp3) is 0.100. The van der Waals surface area contributed by atoms with Crippen LogP contribution in [0.25, 0.3) is 10.9 Å². The first-order valence-corrected chi connectivity index (χ1v) is 4.31. The zero-order chi connectivity index (χ0) is 10.8. The van der Waals surface area contributed by atoms with E-state index in [1.165, 1.54) is 7.11 Å². The molecular weight excluding hydrogens is 194 g/mol. The Labute approximate surface area is 85.9 Å². The first-order valence-electron chi connectivity index (χ1n) is 4.31. The fourth-order valence-corrected chi connectivity index (χ4v) is 1.26. The van der Waals surface area contributed by atoms with Crippen molar-refractivity contribution in [3.63, 3.8) is 0 Å². The molecule has 0 aliphatic heterocycles. The molecule has 1 aromatic carbocycles. The summed E-state index contributed by atoms with van der Waals surface area (Å²) in [5.74, 6) is -0.477. The first-order chi connectivity index (χ1) is 7.20. The molecule has 0 aliphatic rings. The van der Waals surface area contributed by atoms with Gasteiger partial charge in [-0.05, 0) is 12.1 Å². The van der Waals surface area contributed by atoms with Crippen LogP contribution in [-0.2, 0) is 0 Å². The second kappa shape index (κ2) is 3.53. The summed E-state index contributed by atoms with van der Waals surface area (Å²) < 4.78 is 4.88. The second-order valence-corrected chi connectivity index (χ2v) is 2.99. The molecule has 0 saturated heterocycles. The molecule has 2 aromatic rings. The molecule has 0 radical (unpaired) electrons. The van der Waals surface area contributed by atoms with Crippen LogP contribution in [0.3, 0.4) is 0 Å². The average molecular weight is 203 g/mol. The van der Waals surface area contributed by atoms with Gasteiger partial charge in [0, 0.05) is 17.1 Å². The largest absolute Gasteiger partial charge is 0.467 e. The third kappa shape index (κ3) is 1.71. The average Bonchev–Trinajstić information content (AvgIpc) is 2.27. The lowest BCUT2D eigenvalue weighted by Crippen LogP contribution is -2.10. The summed E-state index contributed by atoms with van der Waals surface area (Å²) in [4.78, 5) is 19.0. The highest BCUT2D eigenvalue weighted by molar-refractivity contribution is 5.96. The highest BCUT2D eigenvalue weighted by atomic mass is 16.5. The highest BCUT2D eigenvalue weighted by Gasteiger charge is 2.04. The van der Waals surface area contributed by atoms with Gasteiger partial charge in [0.1, 0.15) is 0 Å². The quantitative estimate of drug-likeness (QED) is 0.780. The van der Waals surface area contributed by atoms with Crippen molar-refractivity contribution in [2.75, 3.05) is 7.11 Å². The molecule has 0 spiro atoms. The number of carbonyl (C=O) groups excluding carboxylic acids is 1. The van der Waals surface area contributed by atoms with Crippen LogP contribution in [-0.4, -0.2) is 23.0 Å². The molecular formula is C10H9N3O2. The van der Waals surface area contributed by atoms with E-state index in [0.29, 0.717) is 11.1 Å². The van der Waals surface area contributed by atoms with Crippen molar-refractivity contribution in [1.82, 2.24) is 9.97 Å². The summed E-state index contributed by atoms with van der Waals surface area (Å²) in [6, 6.07) is 5.26. The Bertz CT molecular complexity index is 525. The molecule has 1 aromatic heterocycles. The Balaban J connectivity index is 2.62. The Morgan fingerprint density at radius 3 is 2.93 bits per heavy atom. The normalized spacial score (nSPS) is 10.2. The van der Waals surface area contributed by atoms with Crippen LogP contribution >= 0.6 is 0 Å². The van der Waals surface area contributed by atoms with E-state index in [-0.39, 0.29) is 6.01 Å². The minimum atomic E-state index is -0.477. The number of primary amides is 1. The Hall–Kier alpha value is -2.17. The lowest BCUT2D eigenvalue weighted by molar-refractivity contribution is 0.100. The summed E-state index contributed by atoms with van der Waals surface area (Å²) in [5, 5.41) is 0.834. The van der Waals surface area contributed by atoms with E-state index in [0.717, 1.165) is 5.39 Å². The first kappa shape index (κ1) is 9.39. The maximum atomic E-state index is 10.9. The van der Waals surface area contributed by atoms with Crippen molar-refractivity contribution in [1.29, 1.82) is 0 Å². The summed E-state index contributed by atoms with van der Waals surface area (Å²) >= 11 is 0. The van der Waals surface area contributed by atoms with Gasteiger partial charge in [-0.25, -0.2) is 4.98 Å². The monoisotopic (exact) mass is 203 g/mol. The zero-order valence-corrected chi connectivity index (χ0v) is 8.10. The van der Waals surface area contributed by atoms with Gasteiger partial charge in [0.15, 0.2) is 0 Å². The summed E-state index contributed by atoms with van der Waals surface area (Å²) in [6.07, 6.45) is 1.63. The SMILES string of the molecule is COc1ncc2ccc(C(N)=O)cc2n1. The summed E-state index contributed by atoms with van der Waals surface area (Å²) in [7, 11) is 1.49. The van der Waals surface area contributed by atoms with Crippen molar-refractivity contribution < 1.29 is 9.53 Å².